The number of nitrogens with zero attached hydrogens (tertiary/aromatic N) is 3. The van der Waals surface area contributed by atoms with Gasteiger partial charge in [-0.1, -0.05) is 40.4 Å². The molecule has 0 saturated carbocycles. The van der Waals surface area contributed by atoms with Gasteiger partial charge in [0.25, 0.3) is 0 Å². The van der Waals surface area contributed by atoms with Gasteiger partial charge >= 0.3 is 4.87 Å². The van der Waals surface area contributed by atoms with Crippen LogP contribution in [0.5, 0.6) is 0 Å². The van der Waals surface area contributed by atoms with Crippen molar-refractivity contribution in [2.45, 2.75) is 30.0 Å². The van der Waals surface area contributed by atoms with Gasteiger partial charge in [-0.15, -0.1) is 0 Å². The van der Waals surface area contributed by atoms with Crippen LogP contribution in [0, 0.1) is 16.5 Å². The molecule has 0 aliphatic rings. The molecule has 0 radical (unpaired) electrons. The summed E-state index contributed by atoms with van der Waals surface area (Å²) in [6.07, 6.45) is -0.907. The number of hydrogen-bond acceptors (Lipinski definition) is 9. The van der Waals surface area contributed by atoms with Gasteiger partial charge in [-0.2, -0.15) is 4.91 Å². The van der Waals surface area contributed by atoms with E-state index in [4.69, 9.17) is 0 Å². The third-order valence-electron chi connectivity index (χ3n) is 3.82. The van der Waals surface area contributed by atoms with Crippen molar-refractivity contribution in [1.29, 1.82) is 0 Å². The number of halogens is 2. The highest BCUT2D eigenvalue weighted by molar-refractivity contribution is 7.98. The van der Waals surface area contributed by atoms with E-state index >= 15 is 0 Å². The Labute approximate surface area is 165 Å². The van der Waals surface area contributed by atoms with Crippen molar-refractivity contribution in [3.8, 4) is 0 Å². The molecule has 0 aliphatic heterocycles. The first-order chi connectivity index (χ1) is 13.4. The van der Waals surface area contributed by atoms with Crippen molar-refractivity contribution in [2.75, 3.05) is 11.9 Å². The minimum Gasteiger partial charge on any atom is -0.391 e. The number of anilines is 1. The Hall–Kier alpha value is -2.44. The number of aromatic nitrogens is 3. The van der Waals surface area contributed by atoms with Gasteiger partial charge in [0.15, 0.2) is 28.3 Å². The van der Waals surface area contributed by atoms with Gasteiger partial charge in [-0.05, 0) is 13.0 Å². The molecule has 0 aliphatic carbocycles. The third-order valence-corrected chi connectivity index (χ3v) is 5.60. The summed E-state index contributed by atoms with van der Waals surface area (Å²) in [4.78, 5) is 33.1. The number of H-pyrrole nitrogens is 1. The molecule has 0 spiro atoms. The highest BCUT2D eigenvalue weighted by Crippen LogP contribution is 2.28. The largest absolute Gasteiger partial charge is 0.391 e. The zero-order chi connectivity index (χ0) is 20.3. The summed E-state index contributed by atoms with van der Waals surface area (Å²) in [5.41, 5.74) is 0.409. The first-order valence-electron chi connectivity index (χ1n) is 8.09. The maximum Gasteiger partial charge on any atom is 0.306 e. The molecular formula is C16H15F2N5O3S2. The molecule has 2 atom stereocenters. The molecule has 0 unspecified atom stereocenters. The van der Waals surface area contributed by atoms with Crippen LogP contribution in [0.2, 0.25) is 0 Å². The molecule has 0 bridgehead atoms. The standard InChI is InChI=1S/C16H15F2N5O3S2/c1-7(24)10(5-19-26)20-13-12-14(23-16(25)28-12)22-15(21-13)27-6-8-3-2-4-9(17)11(8)18/h2-4,7,10,24H,5-6H2,1H3,(H2,20,21,22,23,25)/t7-,10-/m0/s1. The van der Waals surface area contributed by atoms with Gasteiger partial charge in [-0.25, -0.2) is 18.7 Å². The van der Waals surface area contributed by atoms with Crippen molar-refractivity contribution >= 4 is 39.3 Å². The Bertz CT molecular complexity index is 1060. The fourth-order valence-electron chi connectivity index (χ4n) is 2.37. The number of thioether (sulfide) groups is 1. The lowest BCUT2D eigenvalue weighted by Crippen LogP contribution is -2.34. The normalized spacial score (nSPS) is 13.4. The molecule has 0 fully saturated rings. The van der Waals surface area contributed by atoms with Gasteiger partial charge in [0, 0.05) is 11.3 Å². The summed E-state index contributed by atoms with van der Waals surface area (Å²) in [5.74, 6) is -1.58. The smallest absolute Gasteiger partial charge is 0.306 e. The van der Waals surface area contributed by atoms with Crippen LogP contribution in [0.4, 0.5) is 14.6 Å². The number of benzene rings is 1. The molecule has 28 heavy (non-hydrogen) atoms. The first-order valence-corrected chi connectivity index (χ1v) is 9.89. The van der Waals surface area contributed by atoms with E-state index in [-0.39, 0.29) is 39.4 Å². The number of fused-ring (bicyclic) bond motifs is 1. The van der Waals surface area contributed by atoms with Crippen LogP contribution >= 0.6 is 23.1 Å². The number of aromatic amines is 1. The van der Waals surface area contributed by atoms with E-state index in [9.17, 15) is 23.6 Å². The molecular weight excluding hydrogens is 412 g/mol. The molecule has 0 amide bonds. The SMILES string of the molecule is C[C@H](O)[C@H](CN=O)Nc1nc(SCc2cccc(F)c2F)nc2[nH]c(=O)sc12. The maximum absolute atomic E-state index is 13.8. The van der Waals surface area contributed by atoms with Crippen LogP contribution in [-0.4, -0.2) is 38.7 Å². The Kier molecular flexibility index (Phi) is 6.31. The summed E-state index contributed by atoms with van der Waals surface area (Å²) in [6, 6.07) is 3.17. The molecule has 2 aromatic heterocycles. The van der Waals surface area contributed by atoms with Gasteiger partial charge in [0.2, 0.25) is 0 Å². The van der Waals surface area contributed by atoms with Gasteiger partial charge in [0.05, 0.1) is 12.1 Å². The number of aliphatic hydroxyl groups excluding tert-OH is 1. The second kappa shape index (κ2) is 8.71. The third kappa shape index (κ3) is 4.51. The number of rotatable bonds is 8. The quantitative estimate of drug-likeness (QED) is 0.287. The first kappa shape index (κ1) is 20.3. The summed E-state index contributed by atoms with van der Waals surface area (Å²) in [5, 5.41) is 15.7. The Morgan fingerprint density at radius 3 is 2.89 bits per heavy atom. The second-order valence-corrected chi connectivity index (χ2v) is 7.78. The highest BCUT2D eigenvalue weighted by atomic mass is 32.2. The van der Waals surface area contributed by atoms with Crippen LogP contribution in [-0.2, 0) is 5.75 Å². The molecule has 12 heteroatoms. The molecule has 8 nitrogen and oxygen atoms in total. The van der Waals surface area contributed by atoms with Crippen molar-refractivity contribution in [3.05, 3.63) is 50.0 Å². The topological polar surface area (TPSA) is 120 Å². The number of nitrogens with one attached hydrogen (secondary N) is 2. The highest BCUT2D eigenvalue weighted by Gasteiger charge is 2.20. The number of aliphatic hydroxyl groups is 1. The van der Waals surface area contributed by atoms with Crippen LogP contribution in [0.1, 0.15) is 12.5 Å². The predicted molar refractivity (Wildman–Crippen MR) is 104 cm³/mol. The van der Waals surface area contributed by atoms with E-state index in [1.165, 1.54) is 19.1 Å². The lowest BCUT2D eigenvalue weighted by molar-refractivity contribution is 0.174. The molecule has 2 heterocycles. The van der Waals surface area contributed by atoms with Crippen molar-refractivity contribution < 1.29 is 13.9 Å². The van der Waals surface area contributed by atoms with Crippen LogP contribution in [0.25, 0.3) is 10.3 Å². The molecule has 1 aromatic carbocycles. The summed E-state index contributed by atoms with van der Waals surface area (Å²) in [7, 11) is 0. The van der Waals surface area contributed by atoms with Crippen molar-refractivity contribution in [2.24, 2.45) is 5.18 Å². The average molecular weight is 427 g/mol. The van der Waals surface area contributed by atoms with Gasteiger partial charge in [0.1, 0.15) is 11.2 Å². The van der Waals surface area contributed by atoms with E-state index in [0.29, 0.717) is 4.70 Å². The maximum atomic E-state index is 13.8. The molecule has 3 N–H and O–H groups in total. The Morgan fingerprint density at radius 2 is 2.18 bits per heavy atom. The number of thiazole rings is 1. The summed E-state index contributed by atoms with van der Waals surface area (Å²) >= 11 is 1.92. The predicted octanol–water partition coefficient (Wildman–Crippen LogP) is 2.88. The summed E-state index contributed by atoms with van der Waals surface area (Å²) in [6.45, 7) is 1.28. The lowest BCUT2D eigenvalue weighted by atomic mass is 10.2. The van der Waals surface area contributed by atoms with E-state index in [1.807, 2.05) is 0 Å². The fourth-order valence-corrected chi connectivity index (χ4v) is 3.91. The summed E-state index contributed by atoms with van der Waals surface area (Å²) < 4.78 is 27.6. The van der Waals surface area contributed by atoms with E-state index in [0.717, 1.165) is 29.2 Å². The Balaban J connectivity index is 1.92. The number of hydrogen-bond donors (Lipinski definition) is 3. The fraction of sp³-hybridized carbons (Fsp3) is 0.312. The molecule has 3 rings (SSSR count). The van der Waals surface area contributed by atoms with E-state index in [2.05, 4.69) is 25.4 Å². The average Bonchev–Trinajstić information content (AvgIpc) is 3.03. The van der Waals surface area contributed by atoms with Crippen LogP contribution < -0.4 is 10.2 Å². The zero-order valence-corrected chi connectivity index (χ0v) is 16.1. The number of nitroso groups, excluding NO2 is 1. The van der Waals surface area contributed by atoms with Crippen molar-refractivity contribution in [3.63, 3.8) is 0 Å². The van der Waals surface area contributed by atoms with Gasteiger partial charge < -0.3 is 10.4 Å². The zero-order valence-electron chi connectivity index (χ0n) is 14.5. The van der Waals surface area contributed by atoms with Crippen LogP contribution in [0.3, 0.4) is 0 Å². The minimum atomic E-state index is -0.944. The second-order valence-electron chi connectivity index (χ2n) is 5.85. The molecule has 0 saturated heterocycles. The van der Waals surface area contributed by atoms with E-state index in [1.54, 1.807) is 0 Å². The molecule has 148 valence electrons. The Morgan fingerprint density at radius 1 is 1.39 bits per heavy atom. The minimum absolute atomic E-state index is 0.0681. The lowest BCUT2D eigenvalue weighted by Gasteiger charge is -2.19. The van der Waals surface area contributed by atoms with E-state index < -0.39 is 23.8 Å². The van der Waals surface area contributed by atoms with Crippen LogP contribution in [0.15, 0.2) is 33.3 Å². The monoisotopic (exact) mass is 427 g/mol. The van der Waals surface area contributed by atoms with Gasteiger partial charge in [-0.3, -0.25) is 9.78 Å². The van der Waals surface area contributed by atoms with Crippen molar-refractivity contribution in [1.82, 2.24) is 15.0 Å². The molecule has 3 aromatic rings.